The Bertz CT molecular complexity index is 738. The van der Waals surface area contributed by atoms with Crippen molar-refractivity contribution in [2.75, 3.05) is 38.2 Å². The van der Waals surface area contributed by atoms with Crippen molar-refractivity contribution in [2.24, 2.45) is 5.92 Å². The van der Waals surface area contributed by atoms with Gasteiger partial charge in [-0.2, -0.15) is 4.52 Å². The third-order valence-electron chi connectivity index (χ3n) is 5.41. The molecule has 2 aliphatic heterocycles. The monoisotopic (exact) mass is 358 g/mol. The molecular weight excluding hydrogens is 328 g/mol. The number of ether oxygens (including phenoxy) is 1. The SMILES string of the molecule is CC(C)(C)c1nnc2ccc(NC3CCN(CC4CCOC4)CC3)nn12. The van der Waals surface area contributed by atoms with Gasteiger partial charge in [0, 0.05) is 37.7 Å². The Morgan fingerprint density at radius 2 is 1.96 bits per heavy atom. The van der Waals surface area contributed by atoms with E-state index in [9.17, 15) is 0 Å². The van der Waals surface area contributed by atoms with Crippen LogP contribution in [0, 0.1) is 5.92 Å². The van der Waals surface area contributed by atoms with Gasteiger partial charge in [0.2, 0.25) is 0 Å². The molecular formula is C19H30N6O. The van der Waals surface area contributed by atoms with E-state index in [0.29, 0.717) is 6.04 Å². The normalized spacial score (nSPS) is 23.0. The molecule has 7 nitrogen and oxygen atoms in total. The lowest BCUT2D eigenvalue weighted by atomic mass is 9.96. The second kappa shape index (κ2) is 7.12. The molecule has 2 aliphatic rings. The minimum absolute atomic E-state index is 0.0830. The Balaban J connectivity index is 1.37. The van der Waals surface area contributed by atoms with Crippen LogP contribution < -0.4 is 5.32 Å². The standard InChI is InChI=1S/C19H30N6O/c1-19(2,3)18-22-21-17-5-4-16(23-25(17)18)20-15-6-9-24(10-7-15)12-14-8-11-26-13-14/h4-5,14-15H,6-13H2,1-3H3,(H,20,23). The van der Waals surface area contributed by atoms with Crippen molar-refractivity contribution in [1.29, 1.82) is 0 Å². The van der Waals surface area contributed by atoms with Crippen molar-refractivity contribution in [3.05, 3.63) is 18.0 Å². The zero-order valence-corrected chi connectivity index (χ0v) is 16.1. The number of rotatable bonds is 4. The molecule has 0 spiro atoms. The van der Waals surface area contributed by atoms with Crippen molar-refractivity contribution >= 4 is 11.5 Å². The summed E-state index contributed by atoms with van der Waals surface area (Å²) in [5, 5.41) is 16.9. The lowest BCUT2D eigenvalue weighted by Crippen LogP contribution is -2.41. The summed E-state index contributed by atoms with van der Waals surface area (Å²) in [5.74, 6) is 2.53. The summed E-state index contributed by atoms with van der Waals surface area (Å²) in [6.45, 7) is 11.8. The van der Waals surface area contributed by atoms with Crippen LogP contribution in [0.25, 0.3) is 5.65 Å². The van der Waals surface area contributed by atoms with Gasteiger partial charge in [0.15, 0.2) is 11.5 Å². The van der Waals surface area contributed by atoms with E-state index in [1.165, 1.54) is 13.0 Å². The third-order valence-corrected chi connectivity index (χ3v) is 5.41. The maximum atomic E-state index is 5.50. The Morgan fingerprint density at radius 3 is 2.65 bits per heavy atom. The summed E-state index contributed by atoms with van der Waals surface area (Å²) in [4.78, 5) is 2.59. The van der Waals surface area contributed by atoms with E-state index in [4.69, 9.17) is 9.84 Å². The number of hydrogen-bond acceptors (Lipinski definition) is 6. The molecule has 142 valence electrons. The van der Waals surface area contributed by atoms with Crippen molar-refractivity contribution in [2.45, 2.75) is 51.5 Å². The Labute approximate surface area is 155 Å². The molecule has 0 amide bonds. The average molecular weight is 358 g/mol. The van der Waals surface area contributed by atoms with Gasteiger partial charge < -0.3 is 15.0 Å². The number of anilines is 1. The highest BCUT2D eigenvalue weighted by Gasteiger charge is 2.25. The summed E-state index contributed by atoms with van der Waals surface area (Å²) < 4.78 is 7.37. The zero-order chi connectivity index (χ0) is 18.1. The predicted molar refractivity (Wildman–Crippen MR) is 101 cm³/mol. The molecule has 2 saturated heterocycles. The largest absolute Gasteiger partial charge is 0.381 e. The Hall–Kier alpha value is -1.73. The Kier molecular flexibility index (Phi) is 4.84. The minimum atomic E-state index is -0.0830. The van der Waals surface area contributed by atoms with Gasteiger partial charge in [0.05, 0.1) is 6.61 Å². The van der Waals surface area contributed by atoms with Crippen LogP contribution in [0.2, 0.25) is 0 Å². The van der Waals surface area contributed by atoms with E-state index in [-0.39, 0.29) is 5.41 Å². The zero-order valence-electron chi connectivity index (χ0n) is 16.1. The molecule has 1 N–H and O–H groups in total. The molecule has 0 bridgehead atoms. The van der Waals surface area contributed by atoms with Crippen LogP contribution in [-0.4, -0.2) is 63.6 Å². The number of fused-ring (bicyclic) bond motifs is 1. The third kappa shape index (κ3) is 3.83. The lowest BCUT2D eigenvalue weighted by molar-refractivity contribution is 0.154. The molecule has 0 aromatic carbocycles. The molecule has 2 aromatic heterocycles. The van der Waals surface area contributed by atoms with E-state index in [0.717, 1.165) is 62.4 Å². The maximum absolute atomic E-state index is 5.50. The molecule has 4 heterocycles. The van der Waals surface area contributed by atoms with Crippen molar-refractivity contribution in [3.63, 3.8) is 0 Å². The highest BCUT2D eigenvalue weighted by molar-refractivity contribution is 5.45. The van der Waals surface area contributed by atoms with Gasteiger partial charge in [0.1, 0.15) is 5.82 Å². The molecule has 2 fully saturated rings. The van der Waals surface area contributed by atoms with Gasteiger partial charge in [-0.15, -0.1) is 15.3 Å². The summed E-state index contributed by atoms with van der Waals surface area (Å²) in [5.41, 5.74) is 0.717. The molecule has 26 heavy (non-hydrogen) atoms. The smallest absolute Gasteiger partial charge is 0.178 e. The van der Waals surface area contributed by atoms with E-state index in [2.05, 4.69) is 41.2 Å². The first-order chi connectivity index (χ1) is 12.5. The van der Waals surface area contributed by atoms with Crippen molar-refractivity contribution < 1.29 is 4.74 Å². The number of hydrogen-bond donors (Lipinski definition) is 1. The predicted octanol–water partition coefficient (Wildman–Crippen LogP) is 2.33. The van der Waals surface area contributed by atoms with Crippen LogP contribution in [0.1, 0.15) is 45.9 Å². The van der Waals surface area contributed by atoms with E-state index < -0.39 is 0 Å². The van der Waals surface area contributed by atoms with Crippen LogP contribution in [0.3, 0.4) is 0 Å². The molecule has 1 atom stereocenters. The molecule has 4 rings (SSSR count). The van der Waals surface area contributed by atoms with Crippen LogP contribution in [0.4, 0.5) is 5.82 Å². The molecule has 0 radical (unpaired) electrons. The summed E-state index contributed by atoms with van der Waals surface area (Å²) in [7, 11) is 0. The fourth-order valence-corrected chi connectivity index (χ4v) is 3.90. The van der Waals surface area contributed by atoms with Gasteiger partial charge in [-0.25, -0.2) is 0 Å². The van der Waals surface area contributed by atoms with Crippen LogP contribution in [-0.2, 0) is 10.2 Å². The molecule has 7 heteroatoms. The number of piperidine rings is 1. The first-order valence-corrected chi connectivity index (χ1v) is 9.78. The summed E-state index contributed by atoms with van der Waals surface area (Å²) in [6.07, 6.45) is 3.53. The second-order valence-electron chi connectivity index (χ2n) is 8.71. The molecule has 0 saturated carbocycles. The van der Waals surface area contributed by atoms with E-state index in [1.807, 2.05) is 16.6 Å². The van der Waals surface area contributed by atoms with Gasteiger partial charge >= 0.3 is 0 Å². The maximum Gasteiger partial charge on any atom is 0.178 e. The van der Waals surface area contributed by atoms with Crippen LogP contribution in [0.5, 0.6) is 0 Å². The highest BCUT2D eigenvalue weighted by Crippen LogP contribution is 2.22. The topological polar surface area (TPSA) is 67.6 Å². The lowest BCUT2D eigenvalue weighted by Gasteiger charge is -2.33. The quantitative estimate of drug-likeness (QED) is 0.905. The fourth-order valence-electron chi connectivity index (χ4n) is 3.90. The molecule has 1 unspecified atom stereocenters. The van der Waals surface area contributed by atoms with Crippen LogP contribution in [0.15, 0.2) is 12.1 Å². The molecule has 0 aliphatic carbocycles. The Morgan fingerprint density at radius 1 is 1.15 bits per heavy atom. The van der Waals surface area contributed by atoms with E-state index in [1.54, 1.807) is 0 Å². The number of nitrogens with zero attached hydrogens (tertiary/aromatic N) is 5. The number of aromatic nitrogens is 4. The van der Waals surface area contributed by atoms with E-state index >= 15 is 0 Å². The van der Waals surface area contributed by atoms with Crippen molar-refractivity contribution in [1.82, 2.24) is 24.7 Å². The minimum Gasteiger partial charge on any atom is -0.381 e. The van der Waals surface area contributed by atoms with Gasteiger partial charge in [-0.1, -0.05) is 20.8 Å². The fraction of sp³-hybridized carbons (Fsp3) is 0.737. The number of nitrogens with one attached hydrogen (secondary N) is 1. The van der Waals surface area contributed by atoms with Crippen LogP contribution >= 0.6 is 0 Å². The first kappa shape index (κ1) is 17.7. The number of likely N-dealkylation sites (tertiary alicyclic amines) is 1. The van der Waals surface area contributed by atoms with Gasteiger partial charge in [-0.05, 0) is 37.3 Å². The summed E-state index contributed by atoms with van der Waals surface area (Å²) >= 11 is 0. The molecule has 2 aromatic rings. The van der Waals surface area contributed by atoms with Gasteiger partial charge in [-0.3, -0.25) is 0 Å². The summed E-state index contributed by atoms with van der Waals surface area (Å²) in [6, 6.07) is 4.48. The second-order valence-corrected chi connectivity index (χ2v) is 8.71. The van der Waals surface area contributed by atoms with Crippen molar-refractivity contribution in [3.8, 4) is 0 Å². The highest BCUT2D eigenvalue weighted by atomic mass is 16.5. The first-order valence-electron chi connectivity index (χ1n) is 9.78. The van der Waals surface area contributed by atoms with Gasteiger partial charge in [0.25, 0.3) is 0 Å². The average Bonchev–Trinajstić information content (AvgIpc) is 3.25.